The van der Waals surface area contributed by atoms with Crippen LogP contribution in [0.15, 0.2) is 12.3 Å². The zero-order valence-corrected chi connectivity index (χ0v) is 13.8. The van der Waals surface area contributed by atoms with E-state index in [2.05, 4.69) is 47.0 Å². The Morgan fingerprint density at radius 3 is 2.62 bits per heavy atom. The Labute approximate surface area is 128 Å². The Kier molecular flexibility index (Phi) is 4.65. The summed E-state index contributed by atoms with van der Waals surface area (Å²) in [5.41, 5.74) is 1.40. The van der Waals surface area contributed by atoms with E-state index in [1.807, 2.05) is 6.20 Å². The summed E-state index contributed by atoms with van der Waals surface area (Å²) in [5, 5.41) is 8.30. The lowest BCUT2D eigenvalue weighted by Crippen LogP contribution is -2.44. The van der Waals surface area contributed by atoms with Gasteiger partial charge in [-0.2, -0.15) is 5.10 Å². The molecule has 3 rings (SSSR count). The van der Waals surface area contributed by atoms with Gasteiger partial charge in [0.1, 0.15) is 0 Å². The van der Waals surface area contributed by atoms with Crippen LogP contribution in [0.1, 0.15) is 57.7 Å². The molecule has 1 aromatic rings. The second kappa shape index (κ2) is 6.49. The maximum absolute atomic E-state index is 4.54. The van der Waals surface area contributed by atoms with Crippen molar-refractivity contribution in [2.45, 2.75) is 70.6 Å². The molecule has 2 saturated heterocycles. The van der Waals surface area contributed by atoms with Gasteiger partial charge < -0.3 is 10.2 Å². The molecular formula is C17H30N4. The van der Waals surface area contributed by atoms with Crippen molar-refractivity contribution in [1.82, 2.24) is 20.0 Å². The average Bonchev–Trinajstić information content (AvgIpc) is 2.98. The monoisotopic (exact) mass is 290 g/mol. The molecule has 1 aromatic heterocycles. The summed E-state index contributed by atoms with van der Waals surface area (Å²) in [6, 6.07) is 4.30. The minimum atomic E-state index is 0.473. The molecule has 118 valence electrons. The van der Waals surface area contributed by atoms with Gasteiger partial charge in [0.05, 0.1) is 11.7 Å². The van der Waals surface area contributed by atoms with Crippen LogP contribution in [0.2, 0.25) is 0 Å². The number of rotatable bonds is 6. The highest BCUT2D eigenvalue weighted by Crippen LogP contribution is 2.42. The first-order chi connectivity index (χ1) is 10.2. The maximum Gasteiger partial charge on any atom is 0.0556 e. The molecule has 2 bridgehead atoms. The lowest BCUT2D eigenvalue weighted by Gasteiger charge is -2.40. The van der Waals surface area contributed by atoms with Crippen molar-refractivity contribution >= 4 is 0 Å². The molecule has 0 radical (unpaired) electrons. The van der Waals surface area contributed by atoms with Gasteiger partial charge >= 0.3 is 0 Å². The molecule has 0 spiro atoms. The molecular weight excluding hydrogens is 260 g/mol. The fourth-order valence-corrected chi connectivity index (χ4v) is 4.46. The maximum atomic E-state index is 4.54. The van der Waals surface area contributed by atoms with Crippen molar-refractivity contribution in [3.63, 3.8) is 0 Å². The van der Waals surface area contributed by atoms with Gasteiger partial charge in [0.2, 0.25) is 0 Å². The fourth-order valence-electron chi connectivity index (χ4n) is 4.46. The van der Waals surface area contributed by atoms with Crippen molar-refractivity contribution < 1.29 is 0 Å². The van der Waals surface area contributed by atoms with E-state index in [0.29, 0.717) is 6.04 Å². The molecule has 0 aromatic carbocycles. The largest absolute Gasteiger partial charge is 0.309 e. The van der Waals surface area contributed by atoms with Crippen molar-refractivity contribution in [3.8, 4) is 0 Å². The molecule has 4 heteroatoms. The van der Waals surface area contributed by atoms with Crippen LogP contribution in [-0.4, -0.2) is 40.4 Å². The number of fused-ring (bicyclic) bond motifs is 2. The topological polar surface area (TPSA) is 33.1 Å². The van der Waals surface area contributed by atoms with Crippen LogP contribution in [0, 0.1) is 5.92 Å². The Morgan fingerprint density at radius 1 is 1.29 bits per heavy atom. The van der Waals surface area contributed by atoms with Crippen LogP contribution in [0.5, 0.6) is 0 Å². The molecule has 0 aliphatic carbocycles. The number of nitrogens with zero attached hydrogens (tertiary/aromatic N) is 3. The number of nitrogens with one attached hydrogen (secondary N) is 1. The van der Waals surface area contributed by atoms with Crippen LogP contribution in [0.3, 0.4) is 0 Å². The van der Waals surface area contributed by atoms with Crippen LogP contribution in [0.25, 0.3) is 0 Å². The first-order valence-electron chi connectivity index (χ1n) is 8.71. The molecule has 0 amide bonds. The third kappa shape index (κ3) is 2.88. The first kappa shape index (κ1) is 15.0. The second-order valence-electron chi connectivity index (χ2n) is 6.80. The van der Waals surface area contributed by atoms with Crippen molar-refractivity contribution in [2.24, 2.45) is 5.92 Å². The third-order valence-electron chi connectivity index (χ3n) is 5.53. The van der Waals surface area contributed by atoms with E-state index >= 15 is 0 Å². The van der Waals surface area contributed by atoms with Gasteiger partial charge in [-0.15, -0.1) is 0 Å². The van der Waals surface area contributed by atoms with E-state index in [4.69, 9.17) is 0 Å². The standard InChI is InChI=1S/C17H30N4/c1-4-10-21-16(8-9-19-21)17(18-5-2)13-11-14-6-7-15(12-13)20(14)3/h8-9,13-15,17-18H,4-7,10-12H2,1-3H3. The van der Waals surface area contributed by atoms with Crippen LogP contribution in [0.4, 0.5) is 0 Å². The van der Waals surface area contributed by atoms with Crippen LogP contribution < -0.4 is 5.32 Å². The lowest BCUT2D eigenvalue weighted by molar-refractivity contribution is 0.110. The summed E-state index contributed by atoms with van der Waals surface area (Å²) < 4.78 is 2.22. The zero-order chi connectivity index (χ0) is 14.8. The van der Waals surface area contributed by atoms with E-state index in [1.165, 1.54) is 31.4 Å². The SMILES string of the molecule is CCCn1nccc1C(NCC)C1CC2CCC(C1)N2C. The average molecular weight is 290 g/mol. The van der Waals surface area contributed by atoms with E-state index < -0.39 is 0 Å². The summed E-state index contributed by atoms with van der Waals surface area (Å²) >= 11 is 0. The summed E-state index contributed by atoms with van der Waals surface area (Å²) in [6.45, 7) is 6.51. The van der Waals surface area contributed by atoms with Gasteiger partial charge in [-0.1, -0.05) is 13.8 Å². The summed E-state index contributed by atoms with van der Waals surface area (Å²) in [4.78, 5) is 2.63. The molecule has 2 aliphatic rings. The second-order valence-corrected chi connectivity index (χ2v) is 6.80. The number of hydrogen-bond donors (Lipinski definition) is 1. The number of hydrogen-bond acceptors (Lipinski definition) is 3. The number of aromatic nitrogens is 2. The van der Waals surface area contributed by atoms with Gasteiger partial charge in [0, 0.05) is 24.8 Å². The van der Waals surface area contributed by atoms with Crippen molar-refractivity contribution in [1.29, 1.82) is 0 Å². The molecule has 2 fully saturated rings. The highest BCUT2D eigenvalue weighted by atomic mass is 15.3. The van der Waals surface area contributed by atoms with Gasteiger partial charge in [-0.05, 0) is 57.7 Å². The molecule has 0 saturated carbocycles. The normalized spacial score (nSPS) is 30.7. The molecule has 2 aliphatic heterocycles. The summed E-state index contributed by atoms with van der Waals surface area (Å²) in [7, 11) is 2.32. The molecule has 4 nitrogen and oxygen atoms in total. The molecule has 3 unspecified atom stereocenters. The quantitative estimate of drug-likeness (QED) is 0.874. The fraction of sp³-hybridized carbons (Fsp3) is 0.824. The third-order valence-corrected chi connectivity index (χ3v) is 5.53. The van der Waals surface area contributed by atoms with Crippen molar-refractivity contribution in [3.05, 3.63) is 18.0 Å². The minimum absolute atomic E-state index is 0.473. The molecule has 3 heterocycles. The molecule has 1 N–H and O–H groups in total. The minimum Gasteiger partial charge on any atom is -0.309 e. The lowest BCUT2D eigenvalue weighted by atomic mass is 9.83. The number of aryl methyl sites for hydroxylation is 1. The predicted molar refractivity (Wildman–Crippen MR) is 86.2 cm³/mol. The van der Waals surface area contributed by atoms with E-state index in [9.17, 15) is 0 Å². The van der Waals surface area contributed by atoms with Gasteiger partial charge in [-0.25, -0.2) is 0 Å². The van der Waals surface area contributed by atoms with Crippen LogP contribution in [-0.2, 0) is 6.54 Å². The predicted octanol–water partition coefficient (Wildman–Crippen LogP) is 2.82. The Hall–Kier alpha value is -0.870. The van der Waals surface area contributed by atoms with Gasteiger partial charge in [-0.3, -0.25) is 4.68 Å². The Balaban J connectivity index is 1.80. The highest BCUT2D eigenvalue weighted by Gasteiger charge is 2.41. The summed E-state index contributed by atoms with van der Waals surface area (Å²) in [5.74, 6) is 0.756. The highest BCUT2D eigenvalue weighted by molar-refractivity contribution is 5.11. The van der Waals surface area contributed by atoms with Gasteiger partial charge in [0.25, 0.3) is 0 Å². The zero-order valence-electron chi connectivity index (χ0n) is 13.8. The van der Waals surface area contributed by atoms with E-state index in [0.717, 1.165) is 37.5 Å². The molecule has 21 heavy (non-hydrogen) atoms. The van der Waals surface area contributed by atoms with E-state index in [-0.39, 0.29) is 0 Å². The van der Waals surface area contributed by atoms with E-state index in [1.54, 1.807) is 0 Å². The van der Waals surface area contributed by atoms with Crippen molar-refractivity contribution in [2.75, 3.05) is 13.6 Å². The summed E-state index contributed by atoms with van der Waals surface area (Å²) in [6.07, 6.45) is 8.57. The van der Waals surface area contributed by atoms with Crippen LogP contribution >= 0.6 is 0 Å². The number of piperidine rings is 1. The van der Waals surface area contributed by atoms with Gasteiger partial charge in [0.15, 0.2) is 0 Å². The first-order valence-corrected chi connectivity index (χ1v) is 8.71. The Bertz CT molecular complexity index is 441. The Morgan fingerprint density at radius 2 is 2.00 bits per heavy atom. The molecule has 3 atom stereocenters. The smallest absolute Gasteiger partial charge is 0.0556 e.